The smallest absolute Gasteiger partial charge is 0.231 e. The van der Waals surface area contributed by atoms with E-state index in [1.165, 1.54) is 22.3 Å². The number of amides is 1. The number of rotatable bonds is 1. The predicted octanol–water partition coefficient (Wildman–Crippen LogP) is 2.46. The first-order valence-electron chi connectivity index (χ1n) is 7.97. The van der Waals surface area contributed by atoms with E-state index in [2.05, 4.69) is 41.7 Å². The fourth-order valence-corrected chi connectivity index (χ4v) is 3.62. The second-order valence-electron chi connectivity index (χ2n) is 6.16. The molecule has 0 saturated heterocycles. The van der Waals surface area contributed by atoms with E-state index in [0.29, 0.717) is 0 Å². The predicted molar refractivity (Wildman–Crippen MR) is 86.5 cm³/mol. The van der Waals surface area contributed by atoms with Crippen LogP contribution in [0.4, 0.5) is 0 Å². The molecule has 3 heteroatoms. The van der Waals surface area contributed by atoms with Crippen molar-refractivity contribution in [2.75, 3.05) is 13.1 Å². The van der Waals surface area contributed by atoms with E-state index in [0.717, 1.165) is 32.6 Å². The number of nitrogens with one attached hydrogen (secondary N) is 1. The van der Waals surface area contributed by atoms with Crippen molar-refractivity contribution >= 4 is 5.91 Å². The van der Waals surface area contributed by atoms with Gasteiger partial charge in [0, 0.05) is 26.2 Å². The van der Waals surface area contributed by atoms with Crippen LogP contribution in [0.2, 0.25) is 0 Å². The average Bonchev–Trinajstić information content (AvgIpc) is 2.60. The van der Waals surface area contributed by atoms with Gasteiger partial charge in [-0.25, -0.2) is 0 Å². The maximum Gasteiger partial charge on any atom is 0.231 e. The van der Waals surface area contributed by atoms with Crippen molar-refractivity contribution in [3.63, 3.8) is 0 Å². The molecule has 112 valence electrons. The Bertz CT molecular complexity index is 710. The summed E-state index contributed by atoms with van der Waals surface area (Å²) in [4.78, 5) is 15.0. The third-order valence-electron chi connectivity index (χ3n) is 4.83. The Morgan fingerprint density at radius 3 is 2.59 bits per heavy atom. The minimum atomic E-state index is -0.0461. The molecule has 1 N–H and O–H groups in total. The molecular weight excluding hydrogens is 272 g/mol. The summed E-state index contributed by atoms with van der Waals surface area (Å²) < 4.78 is 0. The van der Waals surface area contributed by atoms with E-state index in [-0.39, 0.29) is 11.8 Å². The van der Waals surface area contributed by atoms with Gasteiger partial charge >= 0.3 is 0 Å². The van der Waals surface area contributed by atoms with Crippen molar-refractivity contribution in [1.82, 2.24) is 10.2 Å². The average molecular weight is 292 g/mol. The van der Waals surface area contributed by atoms with Gasteiger partial charge in [-0.05, 0) is 28.7 Å². The largest absolute Gasteiger partial charge is 0.337 e. The fourth-order valence-electron chi connectivity index (χ4n) is 3.62. The van der Waals surface area contributed by atoms with Crippen LogP contribution in [0.15, 0.2) is 48.5 Å². The first kappa shape index (κ1) is 13.5. The van der Waals surface area contributed by atoms with Crippen LogP contribution in [-0.2, 0) is 24.3 Å². The van der Waals surface area contributed by atoms with E-state index >= 15 is 0 Å². The summed E-state index contributed by atoms with van der Waals surface area (Å²) in [7, 11) is 0. The van der Waals surface area contributed by atoms with Crippen molar-refractivity contribution in [2.24, 2.45) is 0 Å². The monoisotopic (exact) mass is 292 g/mol. The molecule has 1 unspecified atom stereocenters. The molecule has 0 saturated carbocycles. The highest BCUT2D eigenvalue weighted by Crippen LogP contribution is 2.28. The number of hydrogen-bond donors (Lipinski definition) is 1. The third kappa shape index (κ3) is 2.32. The number of benzene rings is 2. The Morgan fingerprint density at radius 1 is 1.00 bits per heavy atom. The van der Waals surface area contributed by atoms with Crippen LogP contribution in [0, 0.1) is 0 Å². The molecule has 0 radical (unpaired) electrons. The molecule has 1 amide bonds. The van der Waals surface area contributed by atoms with Crippen LogP contribution >= 0.6 is 0 Å². The molecule has 2 aliphatic rings. The van der Waals surface area contributed by atoms with Crippen molar-refractivity contribution in [3.05, 3.63) is 70.8 Å². The minimum absolute atomic E-state index is 0.0461. The summed E-state index contributed by atoms with van der Waals surface area (Å²) in [5, 5.41) is 3.38. The Balaban J connectivity index is 1.59. The molecule has 0 aromatic heterocycles. The number of carbonyl (C=O) groups is 1. The maximum atomic E-state index is 13.0. The number of carbonyl (C=O) groups excluding carboxylic acids is 1. The first-order chi connectivity index (χ1) is 10.8. The van der Waals surface area contributed by atoms with Crippen molar-refractivity contribution < 1.29 is 4.79 Å². The Kier molecular flexibility index (Phi) is 3.43. The summed E-state index contributed by atoms with van der Waals surface area (Å²) in [5.41, 5.74) is 5.13. The summed E-state index contributed by atoms with van der Waals surface area (Å²) in [6.07, 6.45) is 0.962. The van der Waals surface area contributed by atoms with Gasteiger partial charge in [-0.15, -0.1) is 0 Å². The highest BCUT2D eigenvalue weighted by Gasteiger charge is 2.31. The van der Waals surface area contributed by atoms with Gasteiger partial charge in [-0.2, -0.15) is 0 Å². The molecule has 3 nitrogen and oxygen atoms in total. The van der Waals surface area contributed by atoms with Crippen LogP contribution in [0.1, 0.15) is 28.2 Å². The zero-order valence-electron chi connectivity index (χ0n) is 12.6. The quantitative estimate of drug-likeness (QED) is 0.875. The molecule has 2 aromatic rings. The lowest BCUT2D eigenvalue weighted by molar-refractivity contribution is -0.133. The summed E-state index contributed by atoms with van der Waals surface area (Å²) >= 11 is 0. The maximum absolute atomic E-state index is 13.0. The number of hydrogen-bond acceptors (Lipinski definition) is 2. The highest BCUT2D eigenvalue weighted by atomic mass is 16.2. The van der Waals surface area contributed by atoms with E-state index in [4.69, 9.17) is 0 Å². The lowest BCUT2D eigenvalue weighted by atomic mass is 9.89. The lowest BCUT2D eigenvalue weighted by Crippen LogP contribution is -2.43. The molecule has 0 spiro atoms. The highest BCUT2D eigenvalue weighted by molar-refractivity contribution is 5.85. The van der Waals surface area contributed by atoms with Gasteiger partial charge in [0.1, 0.15) is 0 Å². The van der Waals surface area contributed by atoms with Crippen LogP contribution in [-0.4, -0.2) is 23.9 Å². The molecule has 2 heterocycles. The molecule has 1 atom stereocenters. The normalized spacial score (nSPS) is 20.2. The second kappa shape index (κ2) is 5.58. The van der Waals surface area contributed by atoms with Crippen LogP contribution in [0.5, 0.6) is 0 Å². The lowest BCUT2D eigenvalue weighted by Gasteiger charge is -2.34. The van der Waals surface area contributed by atoms with Gasteiger partial charge in [0.2, 0.25) is 5.91 Å². The zero-order valence-corrected chi connectivity index (χ0v) is 12.6. The van der Waals surface area contributed by atoms with E-state index in [1.54, 1.807) is 0 Å². The van der Waals surface area contributed by atoms with Gasteiger partial charge in [-0.3, -0.25) is 4.79 Å². The van der Waals surface area contributed by atoms with Gasteiger partial charge in [0.05, 0.1) is 5.92 Å². The van der Waals surface area contributed by atoms with E-state index in [9.17, 15) is 4.79 Å². The Morgan fingerprint density at radius 2 is 1.73 bits per heavy atom. The summed E-state index contributed by atoms with van der Waals surface area (Å²) in [6, 6.07) is 16.8. The van der Waals surface area contributed by atoms with Crippen LogP contribution < -0.4 is 5.32 Å². The summed E-state index contributed by atoms with van der Waals surface area (Å²) in [6.45, 7) is 3.18. The van der Waals surface area contributed by atoms with Gasteiger partial charge in [-0.1, -0.05) is 48.5 Å². The molecule has 2 aromatic carbocycles. The van der Waals surface area contributed by atoms with Gasteiger partial charge in [0.25, 0.3) is 0 Å². The molecule has 0 fully saturated rings. The number of fused-ring (bicyclic) bond motifs is 2. The molecule has 22 heavy (non-hydrogen) atoms. The van der Waals surface area contributed by atoms with Crippen molar-refractivity contribution in [1.29, 1.82) is 0 Å². The SMILES string of the molecule is O=C(C1CNCc2ccccc21)N1CCc2ccccc2C1. The van der Waals surface area contributed by atoms with Crippen LogP contribution in [0.25, 0.3) is 0 Å². The van der Waals surface area contributed by atoms with Crippen LogP contribution in [0.3, 0.4) is 0 Å². The molecule has 4 rings (SSSR count). The molecular formula is C19H20N2O. The standard InChI is InChI=1S/C19H20N2O/c22-19(18-12-20-11-15-6-3-4-8-17(15)18)21-10-9-14-5-1-2-7-16(14)13-21/h1-8,18,20H,9-13H2. The van der Waals surface area contributed by atoms with Crippen molar-refractivity contribution in [2.45, 2.75) is 25.4 Å². The molecule has 0 bridgehead atoms. The van der Waals surface area contributed by atoms with Crippen molar-refractivity contribution in [3.8, 4) is 0 Å². The number of nitrogens with zero attached hydrogens (tertiary/aromatic N) is 1. The van der Waals surface area contributed by atoms with E-state index < -0.39 is 0 Å². The second-order valence-corrected chi connectivity index (χ2v) is 6.16. The Hall–Kier alpha value is -2.13. The molecule has 0 aliphatic carbocycles. The fraction of sp³-hybridized carbons (Fsp3) is 0.316. The third-order valence-corrected chi connectivity index (χ3v) is 4.83. The van der Waals surface area contributed by atoms with Gasteiger partial charge < -0.3 is 10.2 Å². The van der Waals surface area contributed by atoms with E-state index in [1.807, 2.05) is 17.0 Å². The van der Waals surface area contributed by atoms with Gasteiger partial charge in [0.15, 0.2) is 0 Å². The first-order valence-corrected chi connectivity index (χ1v) is 7.97. The topological polar surface area (TPSA) is 32.3 Å². The molecule has 2 aliphatic heterocycles. The Labute approximate surface area is 131 Å². The summed E-state index contributed by atoms with van der Waals surface area (Å²) in [5.74, 6) is 0.212. The zero-order chi connectivity index (χ0) is 14.9. The minimum Gasteiger partial charge on any atom is -0.337 e.